The highest BCUT2D eigenvalue weighted by molar-refractivity contribution is 5.81. The third kappa shape index (κ3) is 3.01. The van der Waals surface area contributed by atoms with Crippen molar-refractivity contribution >= 4 is 11.7 Å². The SMILES string of the molecule is CCCC(N)=NC1CCC(=O)NC1C. The number of piperidine rings is 1. The van der Waals surface area contributed by atoms with Gasteiger partial charge in [0, 0.05) is 18.9 Å². The molecule has 0 aromatic heterocycles. The van der Waals surface area contributed by atoms with Gasteiger partial charge in [0.25, 0.3) is 0 Å². The van der Waals surface area contributed by atoms with Crippen molar-refractivity contribution in [1.82, 2.24) is 5.32 Å². The second-order valence-electron chi connectivity index (χ2n) is 3.83. The van der Waals surface area contributed by atoms with E-state index in [9.17, 15) is 4.79 Å². The summed E-state index contributed by atoms with van der Waals surface area (Å²) in [6, 6.07) is 0.283. The number of rotatable bonds is 3. The molecule has 1 saturated heterocycles. The van der Waals surface area contributed by atoms with Gasteiger partial charge < -0.3 is 11.1 Å². The molecule has 1 heterocycles. The molecule has 1 rings (SSSR count). The quantitative estimate of drug-likeness (QED) is 0.519. The highest BCUT2D eigenvalue weighted by Crippen LogP contribution is 2.13. The lowest BCUT2D eigenvalue weighted by atomic mass is 10.00. The molecule has 1 amide bonds. The van der Waals surface area contributed by atoms with Crippen molar-refractivity contribution in [2.75, 3.05) is 0 Å². The standard InChI is InChI=1S/C10H19N3O/c1-3-4-9(11)13-8-5-6-10(14)12-7(8)2/h7-8H,3-6H2,1-2H3,(H2,11,13)(H,12,14). The van der Waals surface area contributed by atoms with Crippen LogP contribution < -0.4 is 11.1 Å². The zero-order valence-electron chi connectivity index (χ0n) is 8.92. The van der Waals surface area contributed by atoms with Gasteiger partial charge in [0.15, 0.2) is 0 Å². The van der Waals surface area contributed by atoms with Crippen molar-refractivity contribution in [1.29, 1.82) is 0 Å². The summed E-state index contributed by atoms with van der Waals surface area (Å²) in [4.78, 5) is 15.5. The Morgan fingerprint density at radius 3 is 3.00 bits per heavy atom. The van der Waals surface area contributed by atoms with E-state index in [2.05, 4.69) is 17.2 Å². The lowest BCUT2D eigenvalue weighted by Crippen LogP contribution is -2.45. The van der Waals surface area contributed by atoms with Crippen LogP contribution in [0.5, 0.6) is 0 Å². The lowest BCUT2D eigenvalue weighted by Gasteiger charge is -2.26. The molecule has 2 atom stereocenters. The molecular formula is C10H19N3O. The maximum Gasteiger partial charge on any atom is 0.220 e. The predicted molar refractivity (Wildman–Crippen MR) is 57.2 cm³/mol. The van der Waals surface area contributed by atoms with Crippen LogP contribution in [0.3, 0.4) is 0 Å². The molecule has 0 bridgehead atoms. The molecule has 80 valence electrons. The van der Waals surface area contributed by atoms with E-state index in [1.54, 1.807) is 0 Å². The van der Waals surface area contributed by atoms with E-state index in [-0.39, 0.29) is 18.0 Å². The summed E-state index contributed by atoms with van der Waals surface area (Å²) in [6.07, 6.45) is 3.25. The smallest absolute Gasteiger partial charge is 0.220 e. The van der Waals surface area contributed by atoms with Gasteiger partial charge in [0.2, 0.25) is 5.91 Å². The third-order valence-corrected chi connectivity index (χ3v) is 2.47. The molecule has 1 aliphatic rings. The van der Waals surface area contributed by atoms with Crippen molar-refractivity contribution in [2.45, 2.75) is 51.6 Å². The summed E-state index contributed by atoms with van der Waals surface area (Å²) in [7, 11) is 0. The van der Waals surface area contributed by atoms with Crippen LogP contribution in [0.1, 0.15) is 39.5 Å². The molecule has 2 unspecified atom stereocenters. The number of nitrogens with one attached hydrogen (secondary N) is 1. The summed E-state index contributed by atoms with van der Waals surface area (Å²) in [5, 5.41) is 2.88. The van der Waals surface area contributed by atoms with Crippen LogP contribution in [0.25, 0.3) is 0 Å². The fourth-order valence-electron chi connectivity index (χ4n) is 1.66. The van der Waals surface area contributed by atoms with Gasteiger partial charge in [-0.1, -0.05) is 6.92 Å². The van der Waals surface area contributed by atoms with Crippen LogP contribution >= 0.6 is 0 Å². The molecule has 0 aliphatic carbocycles. The van der Waals surface area contributed by atoms with E-state index in [1.165, 1.54) is 0 Å². The maximum absolute atomic E-state index is 11.0. The first kappa shape index (κ1) is 11.0. The number of hydrogen-bond donors (Lipinski definition) is 2. The Morgan fingerprint density at radius 2 is 2.43 bits per heavy atom. The van der Waals surface area contributed by atoms with Crippen LogP contribution in [0.4, 0.5) is 0 Å². The molecule has 1 fully saturated rings. The monoisotopic (exact) mass is 197 g/mol. The lowest BCUT2D eigenvalue weighted by molar-refractivity contribution is -0.123. The van der Waals surface area contributed by atoms with Crippen LogP contribution in [0.2, 0.25) is 0 Å². The first-order valence-corrected chi connectivity index (χ1v) is 5.25. The van der Waals surface area contributed by atoms with Crippen LogP contribution in [-0.4, -0.2) is 23.8 Å². The van der Waals surface area contributed by atoms with E-state index < -0.39 is 0 Å². The Hall–Kier alpha value is -1.06. The minimum atomic E-state index is 0.117. The van der Waals surface area contributed by atoms with Gasteiger partial charge in [0.05, 0.1) is 11.9 Å². The van der Waals surface area contributed by atoms with Gasteiger partial charge in [-0.2, -0.15) is 0 Å². The normalized spacial score (nSPS) is 28.7. The van der Waals surface area contributed by atoms with E-state index in [1.807, 2.05) is 6.92 Å². The molecule has 4 heteroatoms. The molecule has 0 radical (unpaired) electrons. The van der Waals surface area contributed by atoms with E-state index in [0.29, 0.717) is 12.3 Å². The zero-order chi connectivity index (χ0) is 10.6. The maximum atomic E-state index is 11.0. The van der Waals surface area contributed by atoms with Crippen LogP contribution in [0.15, 0.2) is 4.99 Å². The molecule has 3 N–H and O–H groups in total. The van der Waals surface area contributed by atoms with Gasteiger partial charge in [-0.05, 0) is 19.8 Å². The summed E-state index contributed by atoms with van der Waals surface area (Å²) in [6.45, 7) is 4.05. The second kappa shape index (κ2) is 4.98. The van der Waals surface area contributed by atoms with Crippen molar-refractivity contribution in [3.63, 3.8) is 0 Å². The van der Waals surface area contributed by atoms with Crippen LogP contribution in [-0.2, 0) is 4.79 Å². The number of amidine groups is 1. The fourth-order valence-corrected chi connectivity index (χ4v) is 1.66. The van der Waals surface area contributed by atoms with E-state index in [0.717, 1.165) is 19.3 Å². The van der Waals surface area contributed by atoms with Crippen molar-refractivity contribution in [2.24, 2.45) is 10.7 Å². The molecular weight excluding hydrogens is 178 g/mol. The van der Waals surface area contributed by atoms with Crippen molar-refractivity contribution in [3.8, 4) is 0 Å². The van der Waals surface area contributed by atoms with E-state index in [4.69, 9.17) is 5.73 Å². The Labute approximate surface area is 85.0 Å². The average Bonchev–Trinajstić information content (AvgIpc) is 2.10. The minimum absolute atomic E-state index is 0.117. The largest absolute Gasteiger partial charge is 0.387 e. The number of nitrogens with two attached hydrogens (primary N) is 1. The molecule has 14 heavy (non-hydrogen) atoms. The average molecular weight is 197 g/mol. The van der Waals surface area contributed by atoms with Crippen molar-refractivity contribution in [3.05, 3.63) is 0 Å². The first-order valence-electron chi connectivity index (χ1n) is 5.25. The molecule has 0 aromatic carbocycles. The zero-order valence-corrected chi connectivity index (χ0v) is 8.92. The Morgan fingerprint density at radius 1 is 1.71 bits per heavy atom. The topological polar surface area (TPSA) is 67.5 Å². The number of carbonyl (C=O) groups excluding carboxylic acids is 1. The van der Waals surface area contributed by atoms with Crippen LogP contribution in [0, 0.1) is 0 Å². The van der Waals surface area contributed by atoms with Gasteiger partial charge >= 0.3 is 0 Å². The summed E-state index contributed by atoms with van der Waals surface area (Å²) in [5.74, 6) is 0.832. The van der Waals surface area contributed by atoms with Gasteiger partial charge in [0.1, 0.15) is 0 Å². The van der Waals surface area contributed by atoms with Gasteiger partial charge in [-0.25, -0.2) is 0 Å². The second-order valence-corrected chi connectivity index (χ2v) is 3.83. The molecule has 0 spiro atoms. The van der Waals surface area contributed by atoms with Crippen molar-refractivity contribution < 1.29 is 4.79 Å². The number of nitrogens with zero attached hydrogens (tertiary/aromatic N) is 1. The first-order chi connectivity index (χ1) is 6.63. The van der Waals surface area contributed by atoms with E-state index >= 15 is 0 Å². The fraction of sp³-hybridized carbons (Fsp3) is 0.800. The molecule has 4 nitrogen and oxygen atoms in total. The molecule has 0 aromatic rings. The van der Waals surface area contributed by atoms with Gasteiger partial charge in [-0.15, -0.1) is 0 Å². The number of amides is 1. The number of carbonyl (C=O) groups is 1. The predicted octanol–water partition coefficient (Wildman–Crippen LogP) is 0.811. The van der Waals surface area contributed by atoms with Gasteiger partial charge in [-0.3, -0.25) is 9.79 Å². The molecule has 1 aliphatic heterocycles. The Kier molecular flexibility index (Phi) is 3.92. The highest BCUT2D eigenvalue weighted by atomic mass is 16.1. The molecule has 0 saturated carbocycles. The third-order valence-electron chi connectivity index (χ3n) is 2.47. The number of hydrogen-bond acceptors (Lipinski definition) is 2. The Bertz CT molecular complexity index is 238. The minimum Gasteiger partial charge on any atom is -0.387 e. The summed E-state index contributed by atoms with van der Waals surface area (Å²) < 4.78 is 0. The summed E-state index contributed by atoms with van der Waals surface area (Å²) >= 11 is 0. The number of aliphatic imine (C=N–C) groups is 1. The highest BCUT2D eigenvalue weighted by Gasteiger charge is 2.24. The Balaban J connectivity index is 2.52. The summed E-state index contributed by atoms with van der Waals surface area (Å²) in [5.41, 5.74) is 5.75.